The van der Waals surface area contributed by atoms with E-state index in [1.54, 1.807) is 24.3 Å². The molecular weight excluding hydrogens is 383 g/mol. The molecule has 0 aliphatic rings. The van der Waals surface area contributed by atoms with Crippen LogP contribution < -0.4 is 15.6 Å². The molecule has 0 aliphatic heterocycles. The molecule has 3 aromatic rings. The number of benzene rings is 2. The Kier molecular flexibility index (Phi) is 6.23. The van der Waals surface area contributed by atoms with Crippen LogP contribution in [0.25, 0.3) is 10.1 Å². The molecule has 2 amide bonds. The molecule has 0 fully saturated rings. The van der Waals surface area contributed by atoms with Gasteiger partial charge in [-0.05, 0) is 36.8 Å². The third-order valence-corrected chi connectivity index (χ3v) is 5.13. The summed E-state index contributed by atoms with van der Waals surface area (Å²) < 4.78 is 25.3. The molecule has 2 aromatic carbocycles. The van der Waals surface area contributed by atoms with E-state index < -0.39 is 17.6 Å². The van der Waals surface area contributed by atoms with Crippen LogP contribution >= 0.6 is 11.3 Å². The van der Waals surface area contributed by atoms with E-state index in [-0.39, 0.29) is 18.1 Å². The summed E-state index contributed by atoms with van der Waals surface area (Å²) in [5, 5.41) is 0.355. The van der Waals surface area contributed by atoms with Gasteiger partial charge < -0.3 is 9.47 Å². The number of methoxy groups -OCH3 is 1. The van der Waals surface area contributed by atoms with E-state index in [1.807, 2.05) is 19.1 Å². The number of nitrogens with one attached hydrogen (secondary N) is 2. The van der Waals surface area contributed by atoms with Gasteiger partial charge in [-0.3, -0.25) is 20.4 Å². The third-order valence-electron chi connectivity index (χ3n) is 3.93. The predicted octanol–water partition coefficient (Wildman–Crippen LogP) is 3.34. The van der Waals surface area contributed by atoms with Gasteiger partial charge in [0.2, 0.25) is 0 Å². The Morgan fingerprint density at radius 1 is 1.14 bits per heavy atom. The fraction of sp³-hybridized carbons (Fsp3) is 0.200. The molecule has 6 nitrogen and oxygen atoms in total. The number of thiophene rings is 1. The number of ether oxygens (including phenoxy) is 2. The molecule has 0 radical (unpaired) electrons. The first kappa shape index (κ1) is 19.8. The Hall–Kier alpha value is -2.97. The molecule has 1 aromatic heterocycles. The number of aryl methyl sites for hydroxylation is 1. The highest BCUT2D eigenvalue weighted by molar-refractivity contribution is 7.21. The average molecular weight is 402 g/mol. The van der Waals surface area contributed by atoms with Crippen LogP contribution in [0.1, 0.15) is 20.8 Å². The zero-order chi connectivity index (χ0) is 20.1. The topological polar surface area (TPSA) is 76.7 Å². The van der Waals surface area contributed by atoms with Gasteiger partial charge in [0.15, 0.2) is 6.61 Å². The Morgan fingerprint density at radius 2 is 1.93 bits per heavy atom. The average Bonchev–Trinajstić information content (AvgIpc) is 3.05. The summed E-state index contributed by atoms with van der Waals surface area (Å²) in [5.74, 6) is -0.925. The summed E-state index contributed by atoms with van der Waals surface area (Å²) in [6, 6.07) is 11.9. The number of carbonyl (C=O) groups is 2. The van der Waals surface area contributed by atoms with Crippen molar-refractivity contribution in [3.8, 4) is 5.75 Å². The molecule has 3 rings (SSSR count). The van der Waals surface area contributed by atoms with E-state index in [4.69, 9.17) is 9.47 Å². The molecule has 0 unspecified atom stereocenters. The Morgan fingerprint density at radius 3 is 2.68 bits per heavy atom. The van der Waals surface area contributed by atoms with E-state index in [1.165, 1.54) is 13.2 Å². The lowest BCUT2D eigenvalue weighted by Gasteiger charge is -2.09. The van der Waals surface area contributed by atoms with E-state index in [0.717, 1.165) is 16.9 Å². The van der Waals surface area contributed by atoms with Gasteiger partial charge in [0.25, 0.3) is 11.8 Å². The minimum atomic E-state index is -0.545. The molecule has 1 heterocycles. The summed E-state index contributed by atoms with van der Waals surface area (Å²) >= 11 is 1.14. The first-order chi connectivity index (χ1) is 13.5. The quantitative estimate of drug-likeness (QED) is 0.620. The van der Waals surface area contributed by atoms with Gasteiger partial charge in [0.05, 0.1) is 6.61 Å². The molecule has 0 saturated heterocycles. The second kappa shape index (κ2) is 8.81. The zero-order valence-electron chi connectivity index (χ0n) is 15.4. The first-order valence-corrected chi connectivity index (χ1v) is 9.28. The molecule has 2 N–H and O–H groups in total. The number of hydrogen-bond donors (Lipinski definition) is 2. The highest BCUT2D eigenvalue weighted by atomic mass is 32.1. The fourth-order valence-corrected chi connectivity index (χ4v) is 3.82. The van der Waals surface area contributed by atoms with E-state index in [2.05, 4.69) is 10.9 Å². The largest absolute Gasteiger partial charge is 0.484 e. The monoisotopic (exact) mass is 402 g/mol. The van der Waals surface area contributed by atoms with E-state index in [9.17, 15) is 14.0 Å². The smallest absolute Gasteiger partial charge is 0.280 e. The number of halogens is 1. The van der Waals surface area contributed by atoms with Crippen molar-refractivity contribution in [3.63, 3.8) is 0 Å². The van der Waals surface area contributed by atoms with Crippen molar-refractivity contribution < 1.29 is 23.5 Å². The first-order valence-electron chi connectivity index (χ1n) is 8.47. The van der Waals surface area contributed by atoms with E-state index >= 15 is 0 Å². The van der Waals surface area contributed by atoms with Crippen molar-refractivity contribution in [2.45, 2.75) is 13.5 Å². The number of hydrogen-bond acceptors (Lipinski definition) is 5. The van der Waals surface area contributed by atoms with Crippen LogP contribution in [0.5, 0.6) is 5.75 Å². The van der Waals surface area contributed by atoms with Crippen molar-refractivity contribution in [2.75, 3.05) is 13.7 Å². The molecule has 28 heavy (non-hydrogen) atoms. The number of hydrazine groups is 1. The maximum atomic E-state index is 14.2. The standard InChI is InChI=1S/C20H19FN2O4S/c1-12-5-3-6-13(9-12)27-11-17(24)22-23-20(25)19-14(10-26-2)18-15(21)7-4-8-16(18)28-19/h3-9H,10-11H2,1-2H3,(H,22,24)(H,23,25). The van der Waals surface area contributed by atoms with Crippen LogP contribution in [0.4, 0.5) is 4.39 Å². The van der Waals surface area contributed by atoms with E-state index in [0.29, 0.717) is 21.4 Å². The molecular formula is C20H19FN2O4S. The van der Waals surface area contributed by atoms with Crippen LogP contribution in [0.3, 0.4) is 0 Å². The van der Waals surface area contributed by atoms with Crippen molar-refractivity contribution in [1.82, 2.24) is 10.9 Å². The molecule has 8 heteroatoms. The van der Waals surface area contributed by atoms with Gasteiger partial charge in [-0.25, -0.2) is 4.39 Å². The third kappa shape index (κ3) is 4.47. The maximum absolute atomic E-state index is 14.2. The minimum Gasteiger partial charge on any atom is -0.484 e. The van der Waals surface area contributed by atoms with Gasteiger partial charge >= 0.3 is 0 Å². The molecule has 0 atom stereocenters. The highest BCUT2D eigenvalue weighted by Gasteiger charge is 2.21. The number of fused-ring (bicyclic) bond motifs is 1. The minimum absolute atomic E-state index is 0.0775. The normalized spacial score (nSPS) is 10.7. The van der Waals surface area contributed by atoms with Crippen LogP contribution in [0, 0.1) is 12.7 Å². The molecule has 0 aliphatic carbocycles. The van der Waals surface area contributed by atoms with Crippen molar-refractivity contribution in [3.05, 3.63) is 64.3 Å². The van der Waals surface area contributed by atoms with Crippen LogP contribution in [0.2, 0.25) is 0 Å². The van der Waals surface area contributed by atoms with Crippen molar-refractivity contribution in [2.24, 2.45) is 0 Å². The van der Waals surface area contributed by atoms with Crippen LogP contribution in [0.15, 0.2) is 42.5 Å². The van der Waals surface area contributed by atoms with Gasteiger partial charge in [-0.1, -0.05) is 18.2 Å². The van der Waals surface area contributed by atoms with Gasteiger partial charge in [-0.2, -0.15) is 0 Å². The number of amides is 2. The summed E-state index contributed by atoms with van der Waals surface area (Å²) in [6.45, 7) is 1.74. The SMILES string of the molecule is COCc1c(C(=O)NNC(=O)COc2cccc(C)c2)sc2cccc(F)c12. The highest BCUT2D eigenvalue weighted by Crippen LogP contribution is 2.33. The number of rotatable bonds is 6. The zero-order valence-corrected chi connectivity index (χ0v) is 16.2. The molecule has 0 saturated carbocycles. The van der Waals surface area contributed by atoms with Gasteiger partial charge in [0, 0.05) is 22.8 Å². The maximum Gasteiger partial charge on any atom is 0.280 e. The molecule has 0 bridgehead atoms. The van der Waals surface area contributed by atoms with Crippen molar-refractivity contribution >= 4 is 33.2 Å². The van der Waals surface area contributed by atoms with Gasteiger partial charge in [0.1, 0.15) is 16.4 Å². The number of carbonyl (C=O) groups excluding carboxylic acids is 2. The molecule has 0 spiro atoms. The summed E-state index contributed by atoms with van der Waals surface area (Å²) in [7, 11) is 1.47. The molecule has 146 valence electrons. The Balaban J connectivity index is 1.65. The summed E-state index contributed by atoms with van der Waals surface area (Å²) in [5.41, 5.74) is 6.10. The fourth-order valence-electron chi connectivity index (χ4n) is 2.71. The van der Waals surface area contributed by atoms with Gasteiger partial charge in [-0.15, -0.1) is 11.3 Å². The lowest BCUT2D eigenvalue weighted by Crippen LogP contribution is -2.43. The Bertz CT molecular complexity index is 1020. The van der Waals surface area contributed by atoms with Crippen molar-refractivity contribution in [1.29, 1.82) is 0 Å². The lowest BCUT2D eigenvalue weighted by molar-refractivity contribution is -0.123. The second-order valence-corrected chi connectivity index (χ2v) is 7.12. The summed E-state index contributed by atoms with van der Waals surface area (Å²) in [6.07, 6.45) is 0. The predicted molar refractivity (Wildman–Crippen MR) is 105 cm³/mol. The lowest BCUT2D eigenvalue weighted by atomic mass is 10.1. The summed E-state index contributed by atoms with van der Waals surface area (Å²) in [4.78, 5) is 24.7. The van der Waals surface area contributed by atoms with Crippen LogP contribution in [-0.2, 0) is 16.1 Å². The Labute approximate surface area is 165 Å². The second-order valence-electron chi connectivity index (χ2n) is 6.06. The van der Waals surface area contributed by atoms with Crippen LogP contribution in [-0.4, -0.2) is 25.5 Å².